The fourth-order valence-electron chi connectivity index (χ4n) is 1.65. The maximum absolute atomic E-state index is 12.8. The smallest absolute Gasteiger partial charge is 0.383 e. The lowest BCUT2D eigenvalue weighted by Crippen LogP contribution is -2.12. The Morgan fingerprint density at radius 3 is 2.50 bits per heavy atom. The van der Waals surface area contributed by atoms with Crippen molar-refractivity contribution in [2.45, 2.75) is 19.2 Å². The highest BCUT2D eigenvalue weighted by Crippen LogP contribution is 2.37. The van der Waals surface area contributed by atoms with Crippen molar-refractivity contribution in [2.75, 3.05) is 0 Å². The maximum Gasteiger partial charge on any atom is 0.416 e. The average molecular weight is 273 g/mol. The summed E-state index contributed by atoms with van der Waals surface area (Å²) in [7, 11) is 0. The molecule has 1 heterocycles. The normalized spacial score (nSPS) is 13.6. The standard InChI is InChI=1S/C12H10F3NOS/c1-7-16-6-10(18-7)11(17)8-4-2-3-5-9(8)12(13,14)15/h2-6,11,17H,1H3. The number of nitrogens with zero attached hydrogens (tertiary/aromatic N) is 1. The van der Waals surface area contributed by atoms with Crippen molar-refractivity contribution in [3.8, 4) is 0 Å². The first-order valence-corrected chi connectivity index (χ1v) is 5.98. The molecule has 96 valence electrons. The first kappa shape index (κ1) is 13.0. The minimum Gasteiger partial charge on any atom is -0.383 e. The SMILES string of the molecule is Cc1ncc(C(O)c2ccccc2C(F)(F)F)s1. The molecular weight excluding hydrogens is 263 g/mol. The molecule has 6 heteroatoms. The molecule has 0 spiro atoms. The van der Waals surface area contributed by atoms with E-state index in [0.717, 1.165) is 6.07 Å². The summed E-state index contributed by atoms with van der Waals surface area (Å²) >= 11 is 1.18. The van der Waals surface area contributed by atoms with Gasteiger partial charge in [0.2, 0.25) is 0 Å². The molecule has 2 rings (SSSR count). The van der Waals surface area contributed by atoms with E-state index >= 15 is 0 Å². The summed E-state index contributed by atoms with van der Waals surface area (Å²) in [6.07, 6.45) is -4.37. The lowest BCUT2D eigenvalue weighted by Gasteiger charge is -2.16. The molecule has 0 radical (unpaired) electrons. The van der Waals surface area contributed by atoms with Gasteiger partial charge in [-0.3, -0.25) is 0 Å². The molecule has 0 saturated carbocycles. The van der Waals surface area contributed by atoms with Gasteiger partial charge in [0.15, 0.2) is 0 Å². The summed E-state index contributed by atoms with van der Waals surface area (Å²) in [6.45, 7) is 1.73. The molecule has 0 fully saturated rings. The molecule has 1 aromatic heterocycles. The zero-order valence-corrected chi connectivity index (χ0v) is 10.2. The number of aromatic nitrogens is 1. The third-order valence-corrected chi connectivity index (χ3v) is 3.43. The minimum absolute atomic E-state index is 0.145. The molecule has 0 amide bonds. The number of hydrogen-bond donors (Lipinski definition) is 1. The number of hydrogen-bond acceptors (Lipinski definition) is 3. The van der Waals surface area contributed by atoms with E-state index in [1.165, 1.54) is 35.7 Å². The van der Waals surface area contributed by atoms with Crippen molar-refractivity contribution in [1.82, 2.24) is 4.98 Å². The molecule has 1 aromatic carbocycles. The number of aryl methyl sites for hydroxylation is 1. The second-order valence-corrected chi connectivity index (χ2v) is 5.04. The number of rotatable bonds is 2. The molecule has 0 aliphatic heterocycles. The van der Waals surface area contributed by atoms with Gasteiger partial charge in [0, 0.05) is 6.20 Å². The van der Waals surface area contributed by atoms with Crippen molar-refractivity contribution in [3.63, 3.8) is 0 Å². The number of alkyl halides is 3. The topological polar surface area (TPSA) is 33.1 Å². The Morgan fingerprint density at radius 2 is 1.94 bits per heavy atom. The number of aliphatic hydroxyl groups is 1. The molecule has 2 aromatic rings. The molecule has 0 aliphatic rings. The van der Waals surface area contributed by atoms with Crippen LogP contribution in [0, 0.1) is 6.92 Å². The number of aliphatic hydroxyl groups excluding tert-OH is 1. The van der Waals surface area contributed by atoms with Crippen molar-refractivity contribution in [1.29, 1.82) is 0 Å². The van der Waals surface area contributed by atoms with Crippen molar-refractivity contribution < 1.29 is 18.3 Å². The molecule has 2 nitrogen and oxygen atoms in total. The highest BCUT2D eigenvalue weighted by Gasteiger charge is 2.35. The van der Waals surface area contributed by atoms with E-state index in [-0.39, 0.29) is 5.56 Å². The van der Waals surface area contributed by atoms with E-state index in [0.29, 0.717) is 9.88 Å². The molecule has 1 N–H and O–H groups in total. The molecule has 0 bridgehead atoms. The van der Waals surface area contributed by atoms with Crippen LogP contribution in [0.2, 0.25) is 0 Å². The van der Waals surface area contributed by atoms with Crippen LogP contribution in [0.3, 0.4) is 0 Å². The first-order valence-electron chi connectivity index (χ1n) is 5.16. The molecular formula is C12H10F3NOS. The van der Waals surface area contributed by atoms with Crippen molar-refractivity contribution in [3.05, 3.63) is 51.5 Å². The Labute approximate surface area is 106 Å². The molecule has 1 atom stereocenters. The monoisotopic (exact) mass is 273 g/mol. The van der Waals surface area contributed by atoms with E-state index in [9.17, 15) is 18.3 Å². The summed E-state index contributed by atoms with van der Waals surface area (Å²) in [4.78, 5) is 4.34. The largest absolute Gasteiger partial charge is 0.416 e. The van der Waals surface area contributed by atoms with Gasteiger partial charge in [-0.25, -0.2) is 4.98 Å². The highest BCUT2D eigenvalue weighted by atomic mass is 32.1. The maximum atomic E-state index is 12.8. The lowest BCUT2D eigenvalue weighted by molar-refractivity contribution is -0.138. The van der Waals surface area contributed by atoms with Gasteiger partial charge in [-0.2, -0.15) is 13.2 Å². The zero-order valence-electron chi connectivity index (χ0n) is 9.40. The summed E-state index contributed by atoms with van der Waals surface area (Å²) in [5.74, 6) is 0. The van der Waals surface area contributed by atoms with Crippen molar-refractivity contribution >= 4 is 11.3 Å². The average Bonchev–Trinajstić information content (AvgIpc) is 2.74. The van der Waals surface area contributed by atoms with Gasteiger partial charge in [-0.15, -0.1) is 11.3 Å². The number of benzene rings is 1. The van der Waals surface area contributed by atoms with E-state index in [1.807, 2.05) is 0 Å². The van der Waals surface area contributed by atoms with Gasteiger partial charge < -0.3 is 5.11 Å². The van der Waals surface area contributed by atoms with Crippen molar-refractivity contribution in [2.24, 2.45) is 0 Å². The second kappa shape index (κ2) is 4.70. The van der Waals surface area contributed by atoms with Crippen LogP contribution in [-0.4, -0.2) is 10.1 Å². The molecule has 18 heavy (non-hydrogen) atoms. The highest BCUT2D eigenvalue weighted by molar-refractivity contribution is 7.11. The van der Waals surface area contributed by atoms with E-state index < -0.39 is 17.8 Å². The van der Waals surface area contributed by atoms with E-state index in [2.05, 4.69) is 4.98 Å². The van der Waals surface area contributed by atoms with Crippen LogP contribution in [0.4, 0.5) is 13.2 Å². The summed E-state index contributed by atoms with van der Waals surface area (Å²) in [5.41, 5.74) is -0.961. The van der Waals surface area contributed by atoms with Crippen LogP contribution >= 0.6 is 11.3 Å². The van der Waals surface area contributed by atoms with Gasteiger partial charge in [0.1, 0.15) is 6.10 Å². The van der Waals surface area contributed by atoms with E-state index in [4.69, 9.17) is 0 Å². The third-order valence-electron chi connectivity index (χ3n) is 2.47. The van der Waals surface area contributed by atoms with Crippen LogP contribution < -0.4 is 0 Å². The van der Waals surface area contributed by atoms with Gasteiger partial charge in [-0.1, -0.05) is 18.2 Å². The number of halogens is 3. The Bertz CT molecular complexity index is 550. The van der Waals surface area contributed by atoms with Gasteiger partial charge in [0.25, 0.3) is 0 Å². The van der Waals surface area contributed by atoms with Crippen LogP contribution in [0.15, 0.2) is 30.5 Å². The fourth-order valence-corrected chi connectivity index (χ4v) is 2.44. The van der Waals surface area contributed by atoms with Gasteiger partial charge in [-0.05, 0) is 18.6 Å². The third kappa shape index (κ3) is 2.54. The Hall–Kier alpha value is -1.40. The number of thiazole rings is 1. The molecule has 0 aliphatic carbocycles. The minimum atomic E-state index is -4.47. The van der Waals surface area contributed by atoms with Crippen LogP contribution in [0.5, 0.6) is 0 Å². The summed E-state index contributed by atoms with van der Waals surface area (Å²) in [6, 6.07) is 5.02. The zero-order chi connectivity index (χ0) is 13.3. The van der Waals surface area contributed by atoms with Gasteiger partial charge >= 0.3 is 6.18 Å². The molecule has 0 saturated heterocycles. The summed E-state index contributed by atoms with van der Waals surface area (Å²) < 4.78 is 38.4. The van der Waals surface area contributed by atoms with Gasteiger partial charge in [0.05, 0.1) is 15.4 Å². The fraction of sp³-hybridized carbons (Fsp3) is 0.250. The quantitative estimate of drug-likeness (QED) is 0.907. The first-order chi connectivity index (χ1) is 8.39. The second-order valence-electron chi connectivity index (χ2n) is 3.77. The van der Waals surface area contributed by atoms with Crippen LogP contribution in [0.25, 0.3) is 0 Å². The van der Waals surface area contributed by atoms with Crippen LogP contribution in [-0.2, 0) is 6.18 Å². The Balaban J connectivity index is 2.45. The molecule has 1 unspecified atom stereocenters. The Morgan fingerprint density at radius 1 is 1.28 bits per heavy atom. The predicted octanol–water partition coefficient (Wildman–Crippen LogP) is 3.55. The Kier molecular flexibility index (Phi) is 3.41. The predicted molar refractivity (Wildman–Crippen MR) is 62.4 cm³/mol. The van der Waals surface area contributed by atoms with E-state index in [1.54, 1.807) is 6.92 Å². The summed E-state index contributed by atoms with van der Waals surface area (Å²) in [5, 5.41) is 10.7. The van der Waals surface area contributed by atoms with Crippen LogP contribution in [0.1, 0.15) is 27.1 Å². The lowest BCUT2D eigenvalue weighted by atomic mass is 10.0.